The maximum absolute atomic E-state index is 13.0. The first-order valence-corrected chi connectivity index (χ1v) is 13.6. The first kappa shape index (κ1) is 28.6. The van der Waals surface area contributed by atoms with E-state index >= 15 is 0 Å². The van der Waals surface area contributed by atoms with Crippen LogP contribution in [0.3, 0.4) is 0 Å². The lowest BCUT2D eigenvalue weighted by molar-refractivity contribution is -0.113. The number of methoxy groups -OCH3 is 4. The van der Waals surface area contributed by atoms with Gasteiger partial charge in [0.2, 0.25) is 11.0 Å². The zero-order valence-electron chi connectivity index (χ0n) is 22.4. The molecule has 0 fully saturated rings. The van der Waals surface area contributed by atoms with Gasteiger partial charge < -0.3 is 24.3 Å². The highest BCUT2D eigenvalue weighted by molar-refractivity contribution is 7.99. The number of benzene rings is 2. The second-order valence-corrected chi connectivity index (χ2v) is 10.1. The highest BCUT2D eigenvalue weighted by Crippen LogP contribution is 2.32. The molecule has 0 saturated heterocycles. The van der Waals surface area contributed by atoms with Crippen LogP contribution in [0.2, 0.25) is 0 Å². The Morgan fingerprint density at radius 2 is 1.65 bits per heavy atom. The summed E-state index contributed by atoms with van der Waals surface area (Å²) in [6, 6.07) is 10.1. The third-order valence-corrected chi connectivity index (χ3v) is 7.17. The minimum absolute atomic E-state index is 0.0252. The molecule has 0 saturated carbocycles. The number of amides is 2. The molecule has 2 amide bonds. The molecule has 4 rings (SSSR count). The van der Waals surface area contributed by atoms with Gasteiger partial charge in [0.15, 0.2) is 22.5 Å². The molecule has 0 aliphatic carbocycles. The van der Waals surface area contributed by atoms with Crippen LogP contribution in [0.15, 0.2) is 41.6 Å². The number of hydrogen-bond donors (Lipinski definition) is 2. The zero-order valence-corrected chi connectivity index (χ0v) is 24.0. The lowest BCUT2D eigenvalue weighted by atomic mass is 10.2. The SMILES string of the molecule is COc1ccc(OC)c(-n2c(CNC(=O)c3ccc(OC)c(OC)c3)nnc2SCC(=O)Nc2nnc(C)s2)c1. The summed E-state index contributed by atoms with van der Waals surface area (Å²) in [7, 11) is 6.11. The van der Waals surface area contributed by atoms with E-state index in [0.717, 1.165) is 16.8 Å². The number of thioether (sulfide) groups is 1. The Hall–Kier alpha value is -4.37. The van der Waals surface area contributed by atoms with Crippen LogP contribution in [-0.4, -0.2) is 71.0 Å². The zero-order chi connectivity index (χ0) is 28.6. The van der Waals surface area contributed by atoms with Crippen LogP contribution < -0.4 is 29.6 Å². The van der Waals surface area contributed by atoms with Gasteiger partial charge in [0.25, 0.3) is 5.91 Å². The maximum atomic E-state index is 13.0. The number of nitrogens with zero attached hydrogens (tertiary/aromatic N) is 5. The molecule has 0 aliphatic rings. The first-order chi connectivity index (χ1) is 19.4. The summed E-state index contributed by atoms with van der Waals surface area (Å²) in [5.74, 6) is 1.83. The van der Waals surface area contributed by atoms with E-state index in [4.69, 9.17) is 18.9 Å². The molecule has 40 heavy (non-hydrogen) atoms. The van der Waals surface area contributed by atoms with Crippen molar-refractivity contribution in [2.45, 2.75) is 18.6 Å². The Balaban J connectivity index is 1.59. The van der Waals surface area contributed by atoms with E-state index in [1.54, 1.807) is 62.1 Å². The van der Waals surface area contributed by atoms with Gasteiger partial charge in [-0.25, -0.2) is 0 Å². The quantitative estimate of drug-likeness (QED) is 0.236. The summed E-state index contributed by atoms with van der Waals surface area (Å²) >= 11 is 2.44. The molecule has 2 heterocycles. The van der Waals surface area contributed by atoms with Crippen LogP contribution in [0.1, 0.15) is 21.2 Å². The van der Waals surface area contributed by atoms with Gasteiger partial charge in [0, 0.05) is 11.6 Å². The van der Waals surface area contributed by atoms with Crippen LogP contribution in [0.5, 0.6) is 23.0 Å². The molecule has 15 heteroatoms. The van der Waals surface area contributed by atoms with Crippen molar-refractivity contribution in [1.29, 1.82) is 0 Å². The molecular weight excluding hydrogens is 558 g/mol. The van der Waals surface area contributed by atoms with Gasteiger partial charge in [0.05, 0.1) is 46.4 Å². The first-order valence-electron chi connectivity index (χ1n) is 11.8. The average molecular weight is 586 g/mol. The number of aryl methyl sites for hydroxylation is 1. The van der Waals surface area contributed by atoms with Gasteiger partial charge >= 0.3 is 0 Å². The van der Waals surface area contributed by atoms with Crippen molar-refractivity contribution in [3.05, 3.63) is 52.8 Å². The number of nitrogens with one attached hydrogen (secondary N) is 2. The van der Waals surface area contributed by atoms with E-state index in [1.165, 1.54) is 25.6 Å². The van der Waals surface area contributed by atoms with Crippen molar-refractivity contribution < 1.29 is 28.5 Å². The van der Waals surface area contributed by atoms with E-state index in [9.17, 15) is 9.59 Å². The summed E-state index contributed by atoms with van der Waals surface area (Å²) in [6.07, 6.45) is 0. The average Bonchev–Trinajstić information content (AvgIpc) is 3.58. The molecule has 2 aromatic heterocycles. The molecule has 0 unspecified atom stereocenters. The second kappa shape index (κ2) is 13.1. The van der Waals surface area contributed by atoms with Crippen molar-refractivity contribution in [2.24, 2.45) is 0 Å². The molecule has 0 radical (unpaired) electrons. The van der Waals surface area contributed by atoms with E-state index in [1.807, 2.05) is 0 Å². The maximum Gasteiger partial charge on any atom is 0.251 e. The number of hydrogen-bond acceptors (Lipinski definition) is 12. The van der Waals surface area contributed by atoms with Gasteiger partial charge in [-0.1, -0.05) is 23.1 Å². The Morgan fingerprint density at radius 3 is 2.33 bits per heavy atom. The lowest BCUT2D eigenvalue weighted by Crippen LogP contribution is -2.25. The summed E-state index contributed by atoms with van der Waals surface area (Å²) in [4.78, 5) is 25.5. The monoisotopic (exact) mass is 585 g/mol. The fourth-order valence-electron chi connectivity index (χ4n) is 3.59. The number of anilines is 1. The van der Waals surface area contributed by atoms with Crippen LogP contribution in [0, 0.1) is 6.92 Å². The molecule has 0 atom stereocenters. The Labute approximate surface area is 238 Å². The van der Waals surface area contributed by atoms with Gasteiger partial charge in [-0.3, -0.25) is 19.5 Å². The highest BCUT2D eigenvalue weighted by atomic mass is 32.2. The highest BCUT2D eigenvalue weighted by Gasteiger charge is 2.21. The molecule has 13 nitrogen and oxygen atoms in total. The molecule has 0 aliphatic heterocycles. The molecule has 210 valence electrons. The van der Waals surface area contributed by atoms with Crippen molar-refractivity contribution >= 4 is 40.0 Å². The number of rotatable bonds is 12. The molecule has 0 spiro atoms. The van der Waals surface area contributed by atoms with Gasteiger partial charge in [0.1, 0.15) is 16.5 Å². The predicted molar refractivity (Wildman–Crippen MR) is 149 cm³/mol. The summed E-state index contributed by atoms with van der Waals surface area (Å²) in [5, 5.41) is 23.6. The van der Waals surface area contributed by atoms with Crippen LogP contribution >= 0.6 is 23.1 Å². The number of ether oxygens (including phenoxy) is 4. The van der Waals surface area contributed by atoms with Crippen molar-refractivity contribution in [3.63, 3.8) is 0 Å². The standard InChI is InChI=1S/C25H27N7O6S2/c1-14-28-30-24(40-14)27-22(33)13-39-25-31-29-21(32(25)17-11-16(35-2)7-9-18(17)36-3)12-26-23(34)15-6-8-19(37-4)20(10-15)38-5/h6-11H,12-13H2,1-5H3,(H,26,34)(H,27,30,33). The molecular formula is C25H27N7O6S2. The van der Waals surface area contributed by atoms with E-state index in [-0.39, 0.29) is 24.1 Å². The van der Waals surface area contributed by atoms with E-state index < -0.39 is 0 Å². The Morgan fingerprint density at radius 1 is 0.900 bits per heavy atom. The topological polar surface area (TPSA) is 152 Å². The Bertz CT molecular complexity index is 1510. The van der Waals surface area contributed by atoms with Gasteiger partial charge in [-0.2, -0.15) is 0 Å². The second-order valence-electron chi connectivity index (χ2n) is 7.99. The fourth-order valence-corrected chi connectivity index (χ4v) is 4.96. The third kappa shape index (κ3) is 6.60. The summed E-state index contributed by atoms with van der Waals surface area (Å²) in [6.45, 7) is 1.83. The number of carbonyl (C=O) groups excluding carboxylic acids is 2. The minimum atomic E-state index is -0.353. The van der Waals surface area contributed by atoms with Crippen LogP contribution in [0.25, 0.3) is 5.69 Å². The van der Waals surface area contributed by atoms with Gasteiger partial charge in [-0.05, 0) is 37.3 Å². The largest absolute Gasteiger partial charge is 0.497 e. The summed E-state index contributed by atoms with van der Waals surface area (Å²) < 4.78 is 23.3. The van der Waals surface area contributed by atoms with Crippen molar-refractivity contribution in [1.82, 2.24) is 30.3 Å². The minimum Gasteiger partial charge on any atom is -0.497 e. The van der Waals surface area contributed by atoms with E-state index in [0.29, 0.717) is 50.4 Å². The smallest absolute Gasteiger partial charge is 0.251 e. The Kier molecular flexibility index (Phi) is 9.39. The normalized spacial score (nSPS) is 10.6. The summed E-state index contributed by atoms with van der Waals surface area (Å²) in [5.41, 5.74) is 0.950. The third-order valence-electron chi connectivity index (χ3n) is 5.48. The molecule has 0 bridgehead atoms. The molecule has 2 aromatic carbocycles. The molecule has 2 N–H and O–H groups in total. The predicted octanol–water partition coefficient (Wildman–Crippen LogP) is 3.12. The molecule has 4 aromatic rings. The fraction of sp³-hybridized carbons (Fsp3) is 0.280. The lowest BCUT2D eigenvalue weighted by Gasteiger charge is -2.15. The van der Waals surface area contributed by atoms with Gasteiger partial charge in [-0.15, -0.1) is 20.4 Å². The van der Waals surface area contributed by atoms with Crippen molar-refractivity contribution in [2.75, 3.05) is 39.5 Å². The van der Waals surface area contributed by atoms with E-state index in [2.05, 4.69) is 31.0 Å². The number of carbonyl (C=O) groups is 2. The van der Waals surface area contributed by atoms with Crippen molar-refractivity contribution in [3.8, 4) is 28.7 Å². The van der Waals surface area contributed by atoms with Crippen LogP contribution in [-0.2, 0) is 11.3 Å². The number of aromatic nitrogens is 5. The van der Waals surface area contributed by atoms with Crippen LogP contribution in [0.4, 0.5) is 5.13 Å².